The van der Waals surface area contributed by atoms with E-state index in [0.717, 1.165) is 6.42 Å². The number of rotatable bonds is 7. The van der Waals surface area contributed by atoms with Crippen LogP contribution < -0.4 is 5.32 Å². The van der Waals surface area contributed by atoms with Gasteiger partial charge in [0, 0.05) is 6.54 Å². The summed E-state index contributed by atoms with van der Waals surface area (Å²) in [6.45, 7) is 7.59. The van der Waals surface area contributed by atoms with Crippen molar-refractivity contribution in [3.63, 3.8) is 0 Å². The molecule has 1 amide bonds. The highest BCUT2D eigenvalue weighted by Crippen LogP contribution is 1.93. The summed E-state index contributed by atoms with van der Waals surface area (Å²) in [5, 5.41) is 11.5. The maximum Gasteiger partial charge on any atom is 0.248 e. The molecule has 0 bridgehead atoms. The molecule has 2 N–H and O–H groups in total. The molecule has 0 aromatic heterocycles. The first kappa shape index (κ1) is 13.1. The lowest BCUT2D eigenvalue weighted by molar-refractivity contribution is -0.132. The number of aliphatic hydroxyl groups is 1. The van der Waals surface area contributed by atoms with Crippen LogP contribution in [-0.4, -0.2) is 36.4 Å². The van der Waals surface area contributed by atoms with Crippen LogP contribution in [-0.2, 0) is 9.53 Å². The summed E-state index contributed by atoms with van der Waals surface area (Å²) in [4.78, 5) is 11.3. The summed E-state index contributed by atoms with van der Waals surface area (Å²) in [6, 6.07) is 0. The largest absolute Gasteiger partial charge is 0.392 e. The molecule has 0 saturated heterocycles. The number of ether oxygens (including phenoxy) is 1. The Labute approximate surface area is 85.0 Å². The molecule has 2 atom stereocenters. The predicted molar refractivity (Wildman–Crippen MR) is 54.9 cm³/mol. The minimum Gasteiger partial charge on any atom is -0.392 e. The fourth-order valence-electron chi connectivity index (χ4n) is 0.796. The summed E-state index contributed by atoms with van der Waals surface area (Å²) in [6.07, 6.45) is 1.46. The molecule has 0 fully saturated rings. The smallest absolute Gasteiger partial charge is 0.248 e. The predicted octanol–water partition coefficient (Wildman–Crippen LogP) is 0.465. The lowest BCUT2D eigenvalue weighted by Crippen LogP contribution is -2.38. The SMILES string of the molecule is C=CCCOC(C)C(=O)NCC(C)O. The lowest BCUT2D eigenvalue weighted by Gasteiger charge is -2.13. The number of carbonyl (C=O) groups is 1. The van der Waals surface area contributed by atoms with E-state index in [0.29, 0.717) is 6.61 Å². The van der Waals surface area contributed by atoms with Gasteiger partial charge >= 0.3 is 0 Å². The molecule has 0 aliphatic carbocycles. The van der Waals surface area contributed by atoms with E-state index in [2.05, 4.69) is 11.9 Å². The Morgan fingerprint density at radius 1 is 1.64 bits per heavy atom. The van der Waals surface area contributed by atoms with Gasteiger partial charge in [0.2, 0.25) is 5.91 Å². The van der Waals surface area contributed by atoms with E-state index in [-0.39, 0.29) is 12.5 Å². The standard InChI is InChI=1S/C10H19NO3/c1-4-5-6-14-9(3)10(13)11-7-8(2)12/h4,8-9,12H,1,5-7H2,2-3H3,(H,11,13). The third-order valence-corrected chi connectivity index (χ3v) is 1.63. The zero-order valence-corrected chi connectivity index (χ0v) is 8.82. The van der Waals surface area contributed by atoms with Crippen molar-refractivity contribution in [2.24, 2.45) is 0 Å². The molecule has 0 aromatic carbocycles. The van der Waals surface area contributed by atoms with Crippen molar-refractivity contribution in [2.45, 2.75) is 32.5 Å². The van der Waals surface area contributed by atoms with Gasteiger partial charge < -0.3 is 15.2 Å². The van der Waals surface area contributed by atoms with Crippen LogP contribution in [0.25, 0.3) is 0 Å². The number of carbonyl (C=O) groups excluding carboxylic acids is 1. The van der Waals surface area contributed by atoms with Gasteiger partial charge in [-0.1, -0.05) is 6.08 Å². The van der Waals surface area contributed by atoms with Gasteiger partial charge in [-0.15, -0.1) is 6.58 Å². The molecule has 0 saturated carbocycles. The fourth-order valence-corrected chi connectivity index (χ4v) is 0.796. The monoisotopic (exact) mass is 201 g/mol. The highest BCUT2D eigenvalue weighted by Gasteiger charge is 2.12. The molecule has 0 spiro atoms. The van der Waals surface area contributed by atoms with Crippen LogP contribution in [0.15, 0.2) is 12.7 Å². The van der Waals surface area contributed by atoms with Crippen molar-refractivity contribution >= 4 is 5.91 Å². The summed E-state index contributed by atoms with van der Waals surface area (Å²) < 4.78 is 5.21. The molecule has 0 aliphatic heterocycles. The van der Waals surface area contributed by atoms with Gasteiger partial charge in [0.1, 0.15) is 6.10 Å². The molecule has 0 aliphatic rings. The summed E-state index contributed by atoms with van der Waals surface area (Å²) in [7, 11) is 0. The second kappa shape index (κ2) is 7.53. The Bertz CT molecular complexity index is 180. The Balaban J connectivity index is 3.59. The molecule has 0 rings (SSSR count). The van der Waals surface area contributed by atoms with Crippen LogP contribution in [0.5, 0.6) is 0 Å². The minimum absolute atomic E-state index is 0.199. The Hall–Kier alpha value is -0.870. The van der Waals surface area contributed by atoms with E-state index in [4.69, 9.17) is 9.84 Å². The third kappa shape index (κ3) is 6.62. The number of hydrogen-bond acceptors (Lipinski definition) is 3. The van der Waals surface area contributed by atoms with Gasteiger partial charge in [0.15, 0.2) is 0 Å². The number of aliphatic hydroxyl groups excluding tert-OH is 1. The van der Waals surface area contributed by atoms with Crippen molar-refractivity contribution in [3.05, 3.63) is 12.7 Å². The zero-order chi connectivity index (χ0) is 11.0. The van der Waals surface area contributed by atoms with E-state index >= 15 is 0 Å². The zero-order valence-electron chi connectivity index (χ0n) is 8.82. The average Bonchev–Trinajstić information content (AvgIpc) is 2.14. The number of nitrogens with one attached hydrogen (secondary N) is 1. The van der Waals surface area contributed by atoms with Crippen molar-refractivity contribution in [3.8, 4) is 0 Å². The molecule has 4 nitrogen and oxygen atoms in total. The normalized spacial score (nSPS) is 14.5. The van der Waals surface area contributed by atoms with E-state index in [1.54, 1.807) is 19.9 Å². The van der Waals surface area contributed by atoms with Gasteiger partial charge in [0.25, 0.3) is 0 Å². The Kier molecular flexibility index (Phi) is 7.06. The summed E-state index contributed by atoms with van der Waals surface area (Å²) in [5.41, 5.74) is 0. The van der Waals surface area contributed by atoms with Gasteiger partial charge in [-0.25, -0.2) is 0 Å². The van der Waals surface area contributed by atoms with E-state index < -0.39 is 12.2 Å². The Morgan fingerprint density at radius 3 is 2.79 bits per heavy atom. The maximum absolute atomic E-state index is 11.3. The van der Waals surface area contributed by atoms with Crippen LogP contribution in [0.3, 0.4) is 0 Å². The summed E-state index contributed by atoms with van der Waals surface area (Å²) in [5.74, 6) is -0.199. The first-order valence-electron chi connectivity index (χ1n) is 4.76. The number of amides is 1. The van der Waals surface area contributed by atoms with Gasteiger partial charge in [0.05, 0.1) is 12.7 Å². The van der Waals surface area contributed by atoms with E-state index in [1.807, 2.05) is 0 Å². The third-order valence-electron chi connectivity index (χ3n) is 1.63. The first-order valence-corrected chi connectivity index (χ1v) is 4.76. The molecule has 0 heterocycles. The molecule has 14 heavy (non-hydrogen) atoms. The maximum atomic E-state index is 11.3. The second-order valence-corrected chi connectivity index (χ2v) is 3.18. The van der Waals surface area contributed by atoms with Crippen molar-refractivity contribution in [1.82, 2.24) is 5.32 Å². The van der Waals surface area contributed by atoms with E-state index in [1.165, 1.54) is 0 Å². The summed E-state index contributed by atoms with van der Waals surface area (Å²) >= 11 is 0. The average molecular weight is 201 g/mol. The topological polar surface area (TPSA) is 58.6 Å². The second-order valence-electron chi connectivity index (χ2n) is 3.18. The van der Waals surface area contributed by atoms with Gasteiger partial charge in [-0.3, -0.25) is 4.79 Å². The molecular weight excluding hydrogens is 182 g/mol. The van der Waals surface area contributed by atoms with Crippen LogP contribution in [0.1, 0.15) is 20.3 Å². The van der Waals surface area contributed by atoms with Crippen molar-refractivity contribution in [1.29, 1.82) is 0 Å². The van der Waals surface area contributed by atoms with Crippen LogP contribution in [0.2, 0.25) is 0 Å². The fraction of sp³-hybridized carbons (Fsp3) is 0.700. The van der Waals surface area contributed by atoms with E-state index in [9.17, 15) is 4.79 Å². The molecule has 82 valence electrons. The lowest BCUT2D eigenvalue weighted by atomic mass is 10.3. The van der Waals surface area contributed by atoms with Crippen LogP contribution >= 0.6 is 0 Å². The minimum atomic E-state index is -0.528. The van der Waals surface area contributed by atoms with Crippen LogP contribution in [0.4, 0.5) is 0 Å². The molecular formula is C10H19NO3. The molecule has 0 aromatic rings. The quantitative estimate of drug-likeness (QED) is 0.465. The van der Waals surface area contributed by atoms with Gasteiger partial charge in [-0.05, 0) is 20.3 Å². The molecule has 2 unspecified atom stereocenters. The highest BCUT2D eigenvalue weighted by molar-refractivity contribution is 5.80. The molecule has 4 heteroatoms. The van der Waals surface area contributed by atoms with Crippen LogP contribution in [0, 0.1) is 0 Å². The van der Waals surface area contributed by atoms with Crippen molar-refractivity contribution < 1.29 is 14.6 Å². The van der Waals surface area contributed by atoms with Gasteiger partial charge in [-0.2, -0.15) is 0 Å². The number of hydrogen-bond donors (Lipinski definition) is 2. The Morgan fingerprint density at radius 2 is 2.29 bits per heavy atom. The molecule has 0 radical (unpaired) electrons. The van der Waals surface area contributed by atoms with Crippen molar-refractivity contribution in [2.75, 3.05) is 13.2 Å². The first-order chi connectivity index (χ1) is 6.57. The highest BCUT2D eigenvalue weighted by atomic mass is 16.5.